The van der Waals surface area contributed by atoms with Gasteiger partial charge in [0.1, 0.15) is 0 Å². The molecule has 2 heterocycles. The maximum absolute atomic E-state index is 5.90. The Bertz CT molecular complexity index is 536. The summed E-state index contributed by atoms with van der Waals surface area (Å²) in [4.78, 5) is 0. The van der Waals surface area contributed by atoms with Crippen molar-refractivity contribution in [1.82, 2.24) is 15.1 Å². The normalized spacial score (nSPS) is 22.9. The molecular weight excluding hydrogens is 250 g/mol. The van der Waals surface area contributed by atoms with Gasteiger partial charge in [0, 0.05) is 24.4 Å². The van der Waals surface area contributed by atoms with Crippen molar-refractivity contribution in [3.05, 3.63) is 48.3 Å². The predicted molar refractivity (Wildman–Crippen MR) is 79.0 cm³/mol. The number of ether oxygens (including phenoxy) is 1. The largest absolute Gasteiger partial charge is 0.373 e. The van der Waals surface area contributed by atoms with E-state index in [0.717, 1.165) is 37.2 Å². The van der Waals surface area contributed by atoms with E-state index in [0.29, 0.717) is 6.04 Å². The SMILES string of the molecule is CCNC1CCOC(c2cnn(-c3ccccc3)c2)C1. The molecule has 0 radical (unpaired) electrons. The first-order valence-corrected chi connectivity index (χ1v) is 7.32. The van der Waals surface area contributed by atoms with Gasteiger partial charge in [-0.1, -0.05) is 25.1 Å². The van der Waals surface area contributed by atoms with Gasteiger partial charge in [-0.3, -0.25) is 0 Å². The molecule has 1 aliphatic rings. The van der Waals surface area contributed by atoms with Crippen LogP contribution in [0.1, 0.15) is 31.4 Å². The van der Waals surface area contributed by atoms with Crippen molar-refractivity contribution in [2.24, 2.45) is 0 Å². The summed E-state index contributed by atoms with van der Waals surface area (Å²) >= 11 is 0. The van der Waals surface area contributed by atoms with E-state index in [2.05, 4.69) is 35.7 Å². The molecule has 2 unspecified atom stereocenters. The Morgan fingerprint density at radius 3 is 3.00 bits per heavy atom. The molecule has 0 spiro atoms. The summed E-state index contributed by atoms with van der Waals surface area (Å²) in [6.45, 7) is 3.98. The maximum atomic E-state index is 5.90. The lowest BCUT2D eigenvalue weighted by Crippen LogP contribution is -2.35. The number of rotatable bonds is 4. The van der Waals surface area contributed by atoms with Gasteiger partial charge in [0.05, 0.1) is 18.0 Å². The summed E-state index contributed by atoms with van der Waals surface area (Å²) in [7, 11) is 0. The first kappa shape index (κ1) is 13.3. The van der Waals surface area contributed by atoms with Gasteiger partial charge < -0.3 is 10.1 Å². The van der Waals surface area contributed by atoms with E-state index in [9.17, 15) is 0 Å². The van der Waals surface area contributed by atoms with Gasteiger partial charge in [0.15, 0.2) is 0 Å². The number of nitrogens with one attached hydrogen (secondary N) is 1. The molecule has 0 saturated carbocycles. The van der Waals surface area contributed by atoms with E-state index >= 15 is 0 Å². The van der Waals surface area contributed by atoms with E-state index in [4.69, 9.17) is 4.74 Å². The van der Waals surface area contributed by atoms with Crippen LogP contribution in [0.25, 0.3) is 5.69 Å². The summed E-state index contributed by atoms with van der Waals surface area (Å²) in [6, 6.07) is 10.7. The highest BCUT2D eigenvalue weighted by Crippen LogP contribution is 2.28. The van der Waals surface area contributed by atoms with Gasteiger partial charge in [-0.25, -0.2) is 4.68 Å². The molecular formula is C16H21N3O. The topological polar surface area (TPSA) is 39.1 Å². The molecule has 4 nitrogen and oxygen atoms in total. The molecule has 2 aromatic rings. The average molecular weight is 271 g/mol. The number of aromatic nitrogens is 2. The third kappa shape index (κ3) is 2.92. The van der Waals surface area contributed by atoms with Crippen molar-refractivity contribution in [2.45, 2.75) is 31.9 Å². The fourth-order valence-electron chi connectivity index (χ4n) is 2.73. The minimum Gasteiger partial charge on any atom is -0.373 e. The van der Waals surface area contributed by atoms with Gasteiger partial charge in [-0.15, -0.1) is 0 Å². The highest BCUT2D eigenvalue weighted by Gasteiger charge is 2.24. The minimum absolute atomic E-state index is 0.158. The van der Waals surface area contributed by atoms with E-state index in [1.165, 1.54) is 0 Å². The second-order valence-corrected chi connectivity index (χ2v) is 5.19. The van der Waals surface area contributed by atoms with Crippen LogP contribution in [0.15, 0.2) is 42.7 Å². The monoisotopic (exact) mass is 271 g/mol. The Labute approximate surface area is 119 Å². The summed E-state index contributed by atoms with van der Waals surface area (Å²) in [6.07, 6.45) is 6.27. The molecule has 1 aliphatic heterocycles. The Morgan fingerprint density at radius 2 is 2.20 bits per heavy atom. The second-order valence-electron chi connectivity index (χ2n) is 5.19. The standard InChI is InChI=1S/C16H21N3O/c1-2-17-14-8-9-20-16(10-14)13-11-18-19(12-13)15-6-4-3-5-7-15/h3-7,11-12,14,16-17H,2,8-10H2,1H3. The van der Waals surface area contributed by atoms with Crippen molar-refractivity contribution >= 4 is 0 Å². The highest BCUT2D eigenvalue weighted by molar-refractivity contribution is 5.31. The van der Waals surface area contributed by atoms with E-state index in [-0.39, 0.29) is 6.10 Å². The molecule has 20 heavy (non-hydrogen) atoms. The number of hydrogen-bond acceptors (Lipinski definition) is 3. The Hall–Kier alpha value is -1.65. The predicted octanol–water partition coefficient (Wildman–Crippen LogP) is 2.70. The summed E-state index contributed by atoms with van der Waals surface area (Å²) < 4.78 is 7.81. The van der Waals surface area contributed by atoms with Crippen LogP contribution in [0, 0.1) is 0 Å². The molecule has 3 rings (SSSR count). The highest BCUT2D eigenvalue weighted by atomic mass is 16.5. The van der Waals surface area contributed by atoms with Gasteiger partial charge in [0.25, 0.3) is 0 Å². The average Bonchev–Trinajstić information content (AvgIpc) is 2.99. The molecule has 106 valence electrons. The van der Waals surface area contributed by atoms with Gasteiger partial charge in [0.2, 0.25) is 0 Å². The van der Waals surface area contributed by atoms with Crippen LogP contribution >= 0.6 is 0 Å². The summed E-state index contributed by atoms with van der Waals surface area (Å²) in [5, 5.41) is 7.96. The fourth-order valence-corrected chi connectivity index (χ4v) is 2.73. The zero-order valence-electron chi connectivity index (χ0n) is 11.8. The molecule has 1 aromatic heterocycles. The molecule has 1 aromatic carbocycles. The molecule has 2 atom stereocenters. The Morgan fingerprint density at radius 1 is 1.35 bits per heavy atom. The molecule has 4 heteroatoms. The van der Waals surface area contributed by atoms with Crippen molar-refractivity contribution in [3.63, 3.8) is 0 Å². The van der Waals surface area contributed by atoms with E-state index in [1.807, 2.05) is 29.1 Å². The third-order valence-electron chi connectivity index (χ3n) is 3.77. The van der Waals surface area contributed by atoms with Crippen molar-refractivity contribution in [1.29, 1.82) is 0 Å². The smallest absolute Gasteiger partial charge is 0.0870 e. The molecule has 0 bridgehead atoms. The Kier molecular flexibility index (Phi) is 4.14. The number of hydrogen-bond donors (Lipinski definition) is 1. The van der Waals surface area contributed by atoms with Gasteiger partial charge in [-0.05, 0) is 31.5 Å². The lowest BCUT2D eigenvalue weighted by Gasteiger charge is -2.29. The molecule has 1 fully saturated rings. The molecule has 1 N–H and O–H groups in total. The van der Waals surface area contributed by atoms with Crippen LogP contribution in [0.4, 0.5) is 0 Å². The summed E-state index contributed by atoms with van der Waals surface area (Å²) in [5.41, 5.74) is 2.24. The number of para-hydroxylation sites is 1. The zero-order valence-corrected chi connectivity index (χ0v) is 11.8. The molecule has 0 amide bonds. The van der Waals surface area contributed by atoms with Crippen LogP contribution in [0.3, 0.4) is 0 Å². The first-order valence-electron chi connectivity index (χ1n) is 7.32. The zero-order chi connectivity index (χ0) is 13.8. The van der Waals surface area contributed by atoms with Crippen molar-refractivity contribution in [2.75, 3.05) is 13.2 Å². The lowest BCUT2D eigenvalue weighted by molar-refractivity contribution is 0.000579. The summed E-state index contributed by atoms with van der Waals surface area (Å²) in [5.74, 6) is 0. The first-order chi connectivity index (χ1) is 9.86. The van der Waals surface area contributed by atoms with Crippen molar-refractivity contribution < 1.29 is 4.74 Å². The number of nitrogens with zero attached hydrogens (tertiary/aromatic N) is 2. The third-order valence-corrected chi connectivity index (χ3v) is 3.77. The van der Waals surface area contributed by atoms with Crippen molar-refractivity contribution in [3.8, 4) is 5.69 Å². The minimum atomic E-state index is 0.158. The van der Waals surface area contributed by atoms with Gasteiger partial charge >= 0.3 is 0 Å². The van der Waals surface area contributed by atoms with E-state index < -0.39 is 0 Å². The van der Waals surface area contributed by atoms with Crippen LogP contribution in [-0.4, -0.2) is 29.0 Å². The van der Waals surface area contributed by atoms with E-state index in [1.54, 1.807) is 0 Å². The van der Waals surface area contributed by atoms with Crippen LogP contribution in [-0.2, 0) is 4.74 Å². The lowest BCUT2D eigenvalue weighted by atomic mass is 9.99. The fraction of sp³-hybridized carbons (Fsp3) is 0.438. The van der Waals surface area contributed by atoms with Crippen LogP contribution in [0.2, 0.25) is 0 Å². The molecule has 0 aliphatic carbocycles. The second kappa shape index (κ2) is 6.20. The Balaban J connectivity index is 1.73. The quantitative estimate of drug-likeness (QED) is 0.929. The van der Waals surface area contributed by atoms with Gasteiger partial charge in [-0.2, -0.15) is 5.10 Å². The van der Waals surface area contributed by atoms with Crippen LogP contribution < -0.4 is 5.32 Å². The van der Waals surface area contributed by atoms with Crippen LogP contribution in [0.5, 0.6) is 0 Å². The number of benzene rings is 1. The molecule has 1 saturated heterocycles. The maximum Gasteiger partial charge on any atom is 0.0870 e.